The highest BCUT2D eigenvalue weighted by Gasteiger charge is 2.22. The Kier molecular flexibility index (Phi) is 2.11. The minimum absolute atomic E-state index is 0.0364. The normalized spacial score (nSPS) is 20.9. The number of ketones is 1. The van der Waals surface area contributed by atoms with Gasteiger partial charge in [-0.05, 0) is 12.1 Å². The summed E-state index contributed by atoms with van der Waals surface area (Å²) in [6, 6.07) is 4.09. The van der Waals surface area contributed by atoms with Crippen LogP contribution in [-0.2, 0) is 0 Å². The second-order valence-electron chi connectivity index (χ2n) is 3.17. The number of ether oxygens (including phenoxy) is 1. The van der Waals surface area contributed by atoms with Gasteiger partial charge < -0.3 is 9.84 Å². The average Bonchev–Trinajstić information content (AvgIpc) is 2.26. The van der Waals surface area contributed by atoms with E-state index < -0.39 is 6.36 Å². The van der Waals surface area contributed by atoms with Crippen LogP contribution in [0, 0.1) is 0 Å². The van der Waals surface area contributed by atoms with Crippen LogP contribution in [0.25, 0.3) is 0 Å². The Labute approximate surface area is 80.1 Å². The minimum Gasteiger partial charge on any atom is -0.508 e. The molecule has 1 aromatic carbocycles. The molecule has 1 N–H and O–H groups in total. The summed E-state index contributed by atoms with van der Waals surface area (Å²) in [5.74, 6) is -0.0641. The summed E-state index contributed by atoms with van der Waals surface area (Å²) < 4.78 is 17.8. The molecule has 0 saturated carbocycles. The van der Waals surface area contributed by atoms with Crippen LogP contribution in [0.2, 0.25) is 0 Å². The van der Waals surface area contributed by atoms with E-state index in [1.807, 2.05) is 0 Å². The largest absolute Gasteiger partial charge is 0.508 e. The lowest BCUT2D eigenvalue weighted by molar-refractivity contribution is 0.0610. The highest BCUT2D eigenvalue weighted by atomic mass is 19.1. The Morgan fingerprint density at radius 3 is 3.07 bits per heavy atom. The molecule has 0 bridgehead atoms. The number of alkyl halides is 1. The Bertz CT molecular complexity index is 376. The van der Waals surface area contributed by atoms with E-state index in [1.54, 1.807) is 0 Å². The molecule has 3 nitrogen and oxygen atoms in total. The predicted molar refractivity (Wildman–Crippen MR) is 47.2 cm³/mol. The first kappa shape index (κ1) is 8.99. The molecule has 0 aliphatic carbocycles. The number of hydrogen-bond acceptors (Lipinski definition) is 3. The standard InChI is InChI=1S/C10H9FO3/c11-10-4-3-8(13)7-2-1-6(12)5-9(7)14-10/h1-2,5,10,12H,3-4H2. The fourth-order valence-electron chi connectivity index (χ4n) is 1.41. The van der Waals surface area contributed by atoms with Crippen molar-refractivity contribution in [2.45, 2.75) is 19.2 Å². The topological polar surface area (TPSA) is 46.5 Å². The molecule has 0 spiro atoms. The number of hydrogen-bond donors (Lipinski definition) is 1. The second kappa shape index (κ2) is 3.29. The van der Waals surface area contributed by atoms with Gasteiger partial charge in [-0.1, -0.05) is 0 Å². The van der Waals surface area contributed by atoms with Crippen LogP contribution in [0.5, 0.6) is 11.5 Å². The number of phenols is 1. The van der Waals surface area contributed by atoms with Crippen LogP contribution < -0.4 is 4.74 Å². The number of phenolic OH excluding ortho intramolecular Hbond substituents is 1. The summed E-state index contributed by atoms with van der Waals surface area (Å²) in [6.45, 7) is 0. The van der Waals surface area contributed by atoms with Gasteiger partial charge in [-0.15, -0.1) is 0 Å². The Morgan fingerprint density at radius 2 is 2.29 bits per heavy atom. The highest BCUT2D eigenvalue weighted by molar-refractivity contribution is 5.99. The number of carbonyl (C=O) groups excluding carboxylic acids is 1. The van der Waals surface area contributed by atoms with E-state index in [0.717, 1.165) is 0 Å². The quantitative estimate of drug-likeness (QED) is 0.690. The third-order valence-electron chi connectivity index (χ3n) is 2.12. The first-order chi connectivity index (χ1) is 6.66. The van der Waals surface area contributed by atoms with Gasteiger partial charge in [-0.2, -0.15) is 0 Å². The molecule has 0 radical (unpaired) electrons. The zero-order chi connectivity index (χ0) is 10.1. The van der Waals surface area contributed by atoms with Crippen molar-refractivity contribution >= 4 is 5.78 Å². The van der Waals surface area contributed by atoms with Crippen molar-refractivity contribution in [2.75, 3.05) is 0 Å². The zero-order valence-electron chi connectivity index (χ0n) is 7.37. The molecule has 0 aromatic heterocycles. The molecule has 1 aliphatic rings. The number of rotatable bonds is 0. The highest BCUT2D eigenvalue weighted by Crippen LogP contribution is 2.30. The molecule has 1 aromatic rings. The van der Waals surface area contributed by atoms with Crippen LogP contribution >= 0.6 is 0 Å². The molecule has 74 valence electrons. The maximum absolute atomic E-state index is 13.0. The van der Waals surface area contributed by atoms with Crippen LogP contribution in [0.4, 0.5) is 4.39 Å². The van der Waals surface area contributed by atoms with E-state index >= 15 is 0 Å². The molecule has 2 rings (SSSR count). The molecule has 0 saturated heterocycles. The fraction of sp³-hybridized carbons (Fsp3) is 0.300. The van der Waals surface area contributed by atoms with Gasteiger partial charge >= 0.3 is 0 Å². The SMILES string of the molecule is O=C1CCC(F)Oc2cc(O)ccc21. The fourth-order valence-corrected chi connectivity index (χ4v) is 1.41. The Balaban J connectivity index is 2.47. The Morgan fingerprint density at radius 1 is 1.50 bits per heavy atom. The van der Waals surface area contributed by atoms with Crippen LogP contribution in [0.3, 0.4) is 0 Å². The number of aromatic hydroxyl groups is 1. The van der Waals surface area contributed by atoms with Gasteiger partial charge in [-0.3, -0.25) is 4.79 Å². The summed E-state index contributed by atoms with van der Waals surface area (Å²) >= 11 is 0. The van der Waals surface area contributed by atoms with Crippen molar-refractivity contribution in [2.24, 2.45) is 0 Å². The number of fused-ring (bicyclic) bond motifs is 1. The third-order valence-corrected chi connectivity index (χ3v) is 2.12. The Hall–Kier alpha value is -1.58. The van der Waals surface area contributed by atoms with Gasteiger partial charge in [-0.25, -0.2) is 4.39 Å². The average molecular weight is 196 g/mol. The van der Waals surface area contributed by atoms with Crippen LogP contribution in [0.1, 0.15) is 23.2 Å². The van der Waals surface area contributed by atoms with Crippen LogP contribution in [0.15, 0.2) is 18.2 Å². The van der Waals surface area contributed by atoms with Crippen molar-refractivity contribution in [1.29, 1.82) is 0 Å². The molecule has 1 unspecified atom stereocenters. The van der Waals surface area contributed by atoms with Crippen molar-refractivity contribution in [3.63, 3.8) is 0 Å². The van der Waals surface area contributed by atoms with E-state index in [4.69, 9.17) is 9.84 Å². The van der Waals surface area contributed by atoms with Crippen molar-refractivity contribution in [3.8, 4) is 11.5 Å². The molecule has 1 aliphatic heterocycles. The summed E-state index contributed by atoms with van der Waals surface area (Å²) in [6.07, 6.45) is -1.27. The maximum atomic E-state index is 13.0. The van der Waals surface area contributed by atoms with Gasteiger partial charge in [0.2, 0.25) is 6.36 Å². The number of Topliss-reactive ketones (excluding diaryl/α,β-unsaturated/α-hetero) is 1. The molecular weight excluding hydrogens is 187 g/mol. The van der Waals surface area contributed by atoms with E-state index in [1.165, 1.54) is 18.2 Å². The summed E-state index contributed by atoms with van der Waals surface area (Å²) in [5.41, 5.74) is 0.336. The number of benzene rings is 1. The van der Waals surface area contributed by atoms with Crippen LogP contribution in [-0.4, -0.2) is 17.2 Å². The van der Waals surface area contributed by atoms with Gasteiger partial charge in [0.25, 0.3) is 0 Å². The first-order valence-electron chi connectivity index (χ1n) is 4.34. The number of carbonyl (C=O) groups is 1. The lowest BCUT2D eigenvalue weighted by Crippen LogP contribution is -2.07. The summed E-state index contributed by atoms with van der Waals surface area (Å²) in [7, 11) is 0. The minimum atomic E-state index is -1.47. The van der Waals surface area contributed by atoms with Crippen molar-refractivity contribution in [1.82, 2.24) is 0 Å². The monoisotopic (exact) mass is 196 g/mol. The van der Waals surface area contributed by atoms with E-state index in [0.29, 0.717) is 5.56 Å². The van der Waals surface area contributed by atoms with Gasteiger partial charge in [0.15, 0.2) is 5.78 Å². The van der Waals surface area contributed by atoms with Gasteiger partial charge in [0.1, 0.15) is 11.5 Å². The molecule has 1 atom stereocenters. The lowest BCUT2D eigenvalue weighted by atomic mass is 10.1. The number of halogens is 1. The molecular formula is C10H9FO3. The van der Waals surface area contributed by atoms with Gasteiger partial charge in [0.05, 0.1) is 5.56 Å². The molecule has 0 fully saturated rings. The van der Waals surface area contributed by atoms with Crippen molar-refractivity contribution < 1.29 is 19.0 Å². The summed E-state index contributed by atoms with van der Waals surface area (Å²) in [5, 5.41) is 9.14. The lowest BCUT2D eigenvalue weighted by Gasteiger charge is -2.08. The first-order valence-corrected chi connectivity index (χ1v) is 4.34. The molecule has 1 heterocycles. The molecule has 4 heteroatoms. The summed E-state index contributed by atoms with van der Waals surface area (Å²) in [4.78, 5) is 11.4. The molecule has 0 amide bonds. The van der Waals surface area contributed by atoms with E-state index in [2.05, 4.69) is 0 Å². The van der Waals surface area contributed by atoms with E-state index in [-0.39, 0.29) is 30.1 Å². The third kappa shape index (κ3) is 1.55. The van der Waals surface area contributed by atoms with Crippen molar-refractivity contribution in [3.05, 3.63) is 23.8 Å². The second-order valence-corrected chi connectivity index (χ2v) is 3.17. The zero-order valence-corrected chi connectivity index (χ0v) is 7.37. The van der Waals surface area contributed by atoms with Gasteiger partial charge in [0, 0.05) is 18.9 Å². The maximum Gasteiger partial charge on any atom is 0.239 e. The predicted octanol–water partition coefficient (Wildman–Crippen LogP) is 2.04. The van der Waals surface area contributed by atoms with E-state index in [9.17, 15) is 9.18 Å². The molecule has 14 heavy (non-hydrogen) atoms. The smallest absolute Gasteiger partial charge is 0.239 e.